The third-order valence-corrected chi connectivity index (χ3v) is 2.17. The van der Waals surface area contributed by atoms with Crippen LogP contribution in [0.15, 0.2) is 17.2 Å². The number of nitrogens with zero attached hydrogens (tertiary/aromatic N) is 3. The molecule has 0 aliphatic carbocycles. The Hall–Kier alpha value is -2.11. The molecular weight excluding hydrogens is 198 g/mol. The summed E-state index contributed by atoms with van der Waals surface area (Å²) in [6, 6.07) is 0.935. The van der Waals surface area contributed by atoms with E-state index < -0.39 is 5.56 Å². The second-order valence-corrected chi connectivity index (χ2v) is 3.05. The van der Waals surface area contributed by atoms with Crippen LogP contribution in [0.3, 0.4) is 0 Å². The first-order valence-electron chi connectivity index (χ1n) is 4.43. The molecule has 6 heteroatoms. The van der Waals surface area contributed by atoms with Crippen LogP contribution in [-0.2, 0) is 6.42 Å². The summed E-state index contributed by atoms with van der Waals surface area (Å²) in [5.41, 5.74) is -0.118. The van der Waals surface area contributed by atoms with Crippen molar-refractivity contribution in [2.75, 3.05) is 0 Å². The summed E-state index contributed by atoms with van der Waals surface area (Å²) in [6.45, 7) is 1.86. The third-order valence-electron chi connectivity index (χ3n) is 2.17. The average molecular weight is 207 g/mol. The van der Waals surface area contributed by atoms with Crippen LogP contribution in [0.25, 0.3) is 11.0 Å². The van der Waals surface area contributed by atoms with E-state index in [2.05, 4.69) is 9.97 Å². The van der Waals surface area contributed by atoms with E-state index in [0.29, 0.717) is 22.2 Å². The minimum atomic E-state index is -0.722. The zero-order valence-electron chi connectivity index (χ0n) is 8.01. The minimum Gasteiger partial charge on any atom is -0.507 e. The smallest absolute Gasteiger partial charge is 0.288 e. The van der Waals surface area contributed by atoms with Gasteiger partial charge in [-0.1, -0.05) is 6.92 Å². The molecule has 0 bridgehead atoms. The van der Waals surface area contributed by atoms with Gasteiger partial charge in [-0.2, -0.15) is 0 Å². The van der Waals surface area contributed by atoms with E-state index in [1.807, 2.05) is 6.92 Å². The van der Waals surface area contributed by atoms with E-state index in [1.54, 1.807) is 0 Å². The first-order chi connectivity index (χ1) is 7.15. The van der Waals surface area contributed by atoms with Crippen molar-refractivity contribution in [3.8, 4) is 5.75 Å². The molecule has 0 spiro atoms. The third kappa shape index (κ3) is 1.30. The van der Waals surface area contributed by atoms with Crippen molar-refractivity contribution in [1.82, 2.24) is 14.7 Å². The molecule has 0 saturated carbocycles. The first kappa shape index (κ1) is 9.45. The summed E-state index contributed by atoms with van der Waals surface area (Å²) < 4.78 is 0.399. The van der Waals surface area contributed by atoms with Gasteiger partial charge in [0.15, 0.2) is 5.65 Å². The number of hydrogen-bond acceptors (Lipinski definition) is 5. The van der Waals surface area contributed by atoms with Crippen LogP contribution in [-0.4, -0.2) is 25.0 Å². The number of aromatic hydroxyl groups is 1. The lowest BCUT2D eigenvalue weighted by atomic mass is 10.2. The van der Waals surface area contributed by atoms with Crippen LogP contribution in [0.5, 0.6) is 5.75 Å². The molecule has 6 nitrogen and oxygen atoms in total. The molecule has 2 aromatic heterocycles. The van der Waals surface area contributed by atoms with Crippen molar-refractivity contribution in [3.63, 3.8) is 0 Å². The molecule has 0 aromatic carbocycles. The van der Waals surface area contributed by atoms with Crippen molar-refractivity contribution in [2.24, 2.45) is 0 Å². The molecule has 78 valence electrons. The molecular formula is C9H9N3O3. The molecule has 2 N–H and O–H groups in total. The van der Waals surface area contributed by atoms with Crippen molar-refractivity contribution < 1.29 is 10.3 Å². The van der Waals surface area contributed by atoms with Gasteiger partial charge in [-0.3, -0.25) is 4.79 Å². The van der Waals surface area contributed by atoms with Gasteiger partial charge in [0.2, 0.25) is 0 Å². The molecule has 0 fully saturated rings. The quantitative estimate of drug-likeness (QED) is 0.656. The summed E-state index contributed by atoms with van der Waals surface area (Å²) in [7, 11) is 0. The highest BCUT2D eigenvalue weighted by Gasteiger charge is 2.12. The first-order valence-corrected chi connectivity index (χ1v) is 4.43. The number of aryl methyl sites for hydroxylation is 1. The molecule has 2 aromatic rings. The molecule has 0 saturated heterocycles. The SMILES string of the molecule is CCc1ncnc2c1c(O)cc(=O)n2O. The molecule has 0 aliphatic rings. The summed E-state index contributed by atoms with van der Waals surface area (Å²) in [4.78, 5) is 18.9. The molecule has 2 heterocycles. The van der Waals surface area contributed by atoms with Gasteiger partial charge in [0, 0.05) is 6.07 Å². The fourth-order valence-corrected chi connectivity index (χ4v) is 1.46. The van der Waals surface area contributed by atoms with Crippen LogP contribution in [0, 0.1) is 0 Å². The van der Waals surface area contributed by atoms with Crippen molar-refractivity contribution in [2.45, 2.75) is 13.3 Å². The normalized spacial score (nSPS) is 10.7. The van der Waals surface area contributed by atoms with Gasteiger partial charge in [-0.15, -0.1) is 4.73 Å². The van der Waals surface area contributed by atoms with Crippen molar-refractivity contribution in [1.29, 1.82) is 0 Å². The summed E-state index contributed by atoms with van der Waals surface area (Å²) in [5.74, 6) is -0.210. The largest absolute Gasteiger partial charge is 0.507 e. The van der Waals surface area contributed by atoms with E-state index in [0.717, 1.165) is 6.07 Å². The standard InChI is InChI=1S/C9H9N3O3/c1-2-5-8-6(13)3-7(14)12(15)9(8)11-4-10-5/h3-4,13,15H,2H2,1H3. The Morgan fingerprint density at radius 2 is 2.20 bits per heavy atom. The Kier molecular flexibility index (Phi) is 2.03. The fourth-order valence-electron chi connectivity index (χ4n) is 1.46. The molecule has 0 atom stereocenters. The van der Waals surface area contributed by atoms with Gasteiger partial charge in [0.05, 0.1) is 11.1 Å². The maximum absolute atomic E-state index is 11.1. The lowest BCUT2D eigenvalue weighted by Gasteiger charge is -2.06. The van der Waals surface area contributed by atoms with Crippen molar-refractivity contribution >= 4 is 11.0 Å². The maximum atomic E-state index is 11.1. The highest BCUT2D eigenvalue weighted by Crippen LogP contribution is 2.22. The van der Waals surface area contributed by atoms with Crippen LogP contribution in [0.2, 0.25) is 0 Å². The zero-order chi connectivity index (χ0) is 11.0. The Morgan fingerprint density at radius 3 is 2.87 bits per heavy atom. The number of rotatable bonds is 1. The Balaban J connectivity index is 3.01. The highest BCUT2D eigenvalue weighted by molar-refractivity contribution is 5.83. The van der Waals surface area contributed by atoms with Crippen LogP contribution in [0.4, 0.5) is 0 Å². The summed E-state index contributed by atoms with van der Waals surface area (Å²) in [5, 5.41) is 19.3. The van der Waals surface area contributed by atoms with E-state index >= 15 is 0 Å². The van der Waals surface area contributed by atoms with Gasteiger partial charge in [-0.05, 0) is 6.42 Å². The Labute approximate surface area is 84.4 Å². The number of pyridine rings is 1. The predicted molar refractivity (Wildman–Crippen MR) is 52.0 cm³/mol. The highest BCUT2D eigenvalue weighted by atomic mass is 16.5. The maximum Gasteiger partial charge on any atom is 0.288 e. The Bertz CT molecular complexity index is 577. The van der Waals surface area contributed by atoms with Gasteiger partial charge in [0.1, 0.15) is 12.1 Å². The topological polar surface area (TPSA) is 88.2 Å². The Morgan fingerprint density at radius 1 is 1.47 bits per heavy atom. The summed E-state index contributed by atoms with van der Waals surface area (Å²) in [6.07, 6.45) is 1.82. The number of fused-ring (bicyclic) bond motifs is 1. The number of aromatic nitrogens is 3. The second kappa shape index (κ2) is 3.23. The molecule has 15 heavy (non-hydrogen) atoms. The number of hydrogen-bond donors (Lipinski definition) is 2. The van der Waals surface area contributed by atoms with E-state index in [9.17, 15) is 15.1 Å². The molecule has 0 unspecified atom stereocenters. The van der Waals surface area contributed by atoms with E-state index in [4.69, 9.17) is 0 Å². The van der Waals surface area contributed by atoms with Crippen LogP contribution in [0.1, 0.15) is 12.6 Å². The minimum absolute atomic E-state index is 0.0202. The van der Waals surface area contributed by atoms with Gasteiger partial charge < -0.3 is 10.3 Å². The molecule has 0 amide bonds. The van der Waals surface area contributed by atoms with Gasteiger partial charge >= 0.3 is 0 Å². The molecule has 0 radical (unpaired) electrons. The molecule has 2 rings (SSSR count). The average Bonchev–Trinajstić information content (AvgIpc) is 2.25. The van der Waals surface area contributed by atoms with Gasteiger partial charge in [0.25, 0.3) is 5.56 Å². The fraction of sp³-hybridized carbons (Fsp3) is 0.222. The van der Waals surface area contributed by atoms with Crippen molar-refractivity contribution in [3.05, 3.63) is 28.4 Å². The van der Waals surface area contributed by atoms with Gasteiger partial charge in [-0.25, -0.2) is 9.97 Å². The van der Waals surface area contributed by atoms with Crippen LogP contribution < -0.4 is 5.56 Å². The van der Waals surface area contributed by atoms with E-state index in [-0.39, 0.29) is 11.4 Å². The zero-order valence-corrected chi connectivity index (χ0v) is 8.01. The monoisotopic (exact) mass is 207 g/mol. The lowest BCUT2D eigenvalue weighted by molar-refractivity contribution is 0.186. The van der Waals surface area contributed by atoms with Crippen LogP contribution >= 0.6 is 0 Å². The summed E-state index contributed by atoms with van der Waals surface area (Å²) >= 11 is 0. The predicted octanol–water partition coefficient (Wildman–Crippen LogP) is 0.297. The molecule has 0 aliphatic heterocycles. The second-order valence-electron chi connectivity index (χ2n) is 3.05. The lowest BCUT2D eigenvalue weighted by Crippen LogP contribution is -2.18. The van der Waals surface area contributed by atoms with E-state index in [1.165, 1.54) is 6.33 Å².